The summed E-state index contributed by atoms with van der Waals surface area (Å²) in [5.41, 5.74) is -0.302. The van der Waals surface area contributed by atoms with Crippen LogP contribution in [0, 0.1) is 5.82 Å². The number of ether oxygens (including phenoxy) is 1. The highest BCUT2D eigenvalue weighted by atomic mass is 32.2. The molecule has 128 valence electrons. The van der Waals surface area contributed by atoms with Crippen molar-refractivity contribution in [3.05, 3.63) is 35.6 Å². The van der Waals surface area contributed by atoms with Gasteiger partial charge in [-0.1, -0.05) is 12.1 Å². The number of hydrogen-bond donors (Lipinski definition) is 1. The molecule has 0 aromatic heterocycles. The minimum atomic E-state index is -3.36. The molecule has 1 aliphatic rings. The summed E-state index contributed by atoms with van der Waals surface area (Å²) < 4.78 is 42.8. The summed E-state index contributed by atoms with van der Waals surface area (Å²) in [7, 11) is -3.36. The van der Waals surface area contributed by atoms with Gasteiger partial charge in [-0.15, -0.1) is 0 Å². The SMILES string of the molecule is C[C@]1(C(=O)NCCc2ccc(F)cc2)CN(S(C)(=O)=O)CCO1. The van der Waals surface area contributed by atoms with Gasteiger partial charge in [0.1, 0.15) is 5.82 Å². The number of carbonyl (C=O) groups is 1. The third-order valence-corrected chi connectivity index (χ3v) is 5.05. The summed E-state index contributed by atoms with van der Waals surface area (Å²) in [4.78, 5) is 12.3. The van der Waals surface area contributed by atoms with Crippen LogP contribution in [0.4, 0.5) is 4.39 Å². The number of benzene rings is 1. The molecule has 0 spiro atoms. The minimum absolute atomic E-state index is 0.00574. The topological polar surface area (TPSA) is 75.7 Å². The average Bonchev–Trinajstić information content (AvgIpc) is 2.48. The van der Waals surface area contributed by atoms with Crippen LogP contribution in [0.2, 0.25) is 0 Å². The molecule has 1 aromatic rings. The Bertz CT molecular complexity index is 663. The van der Waals surface area contributed by atoms with E-state index in [-0.39, 0.29) is 31.4 Å². The number of nitrogens with one attached hydrogen (secondary N) is 1. The second-order valence-electron chi connectivity index (χ2n) is 5.81. The maximum atomic E-state index is 12.8. The summed E-state index contributed by atoms with van der Waals surface area (Å²) >= 11 is 0. The fourth-order valence-electron chi connectivity index (χ4n) is 2.41. The fraction of sp³-hybridized carbons (Fsp3) is 0.533. The van der Waals surface area contributed by atoms with Crippen molar-refractivity contribution in [2.75, 3.05) is 32.5 Å². The van der Waals surface area contributed by atoms with Gasteiger partial charge in [0.05, 0.1) is 19.4 Å². The first-order chi connectivity index (χ1) is 10.7. The Morgan fingerprint density at radius 2 is 2.04 bits per heavy atom. The summed E-state index contributed by atoms with van der Waals surface area (Å²) in [6.45, 7) is 2.36. The van der Waals surface area contributed by atoms with Crippen molar-refractivity contribution >= 4 is 15.9 Å². The van der Waals surface area contributed by atoms with Crippen molar-refractivity contribution in [2.45, 2.75) is 18.9 Å². The van der Waals surface area contributed by atoms with Crippen LogP contribution in [0.25, 0.3) is 0 Å². The third-order valence-electron chi connectivity index (χ3n) is 3.80. The van der Waals surface area contributed by atoms with Gasteiger partial charge in [-0.05, 0) is 31.0 Å². The van der Waals surface area contributed by atoms with Crippen LogP contribution < -0.4 is 5.32 Å². The maximum Gasteiger partial charge on any atom is 0.253 e. The van der Waals surface area contributed by atoms with Gasteiger partial charge >= 0.3 is 0 Å². The van der Waals surface area contributed by atoms with Crippen LogP contribution >= 0.6 is 0 Å². The molecule has 0 unspecified atom stereocenters. The molecule has 1 heterocycles. The lowest BCUT2D eigenvalue weighted by molar-refractivity contribution is -0.152. The molecule has 23 heavy (non-hydrogen) atoms. The van der Waals surface area contributed by atoms with E-state index in [9.17, 15) is 17.6 Å². The lowest BCUT2D eigenvalue weighted by Gasteiger charge is -2.37. The lowest BCUT2D eigenvalue weighted by Crippen LogP contribution is -2.59. The summed E-state index contributed by atoms with van der Waals surface area (Å²) in [5.74, 6) is -0.658. The zero-order valence-electron chi connectivity index (χ0n) is 13.2. The van der Waals surface area contributed by atoms with Gasteiger partial charge in [-0.25, -0.2) is 12.8 Å². The highest BCUT2D eigenvalue weighted by molar-refractivity contribution is 7.88. The van der Waals surface area contributed by atoms with Gasteiger partial charge in [-0.2, -0.15) is 4.31 Å². The van der Waals surface area contributed by atoms with E-state index < -0.39 is 15.6 Å². The van der Waals surface area contributed by atoms with Gasteiger partial charge < -0.3 is 10.1 Å². The quantitative estimate of drug-likeness (QED) is 0.846. The molecule has 0 aliphatic carbocycles. The molecule has 1 aliphatic heterocycles. The van der Waals surface area contributed by atoms with E-state index in [4.69, 9.17) is 4.74 Å². The number of halogens is 1. The van der Waals surface area contributed by atoms with E-state index in [1.807, 2.05) is 0 Å². The van der Waals surface area contributed by atoms with E-state index in [1.165, 1.54) is 16.4 Å². The normalized spacial score (nSPS) is 22.7. The minimum Gasteiger partial charge on any atom is -0.363 e. The average molecular weight is 344 g/mol. The van der Waals surface area contributed by atoms with Crippen LogP contribution in [0.15, 0.2) is 24.3 Å². The highest BCUT2D eigenvalue weighted by Gasteiger charge is 2.41. The predicted octanol–water partition coefficient (Wildman–Crippen LogP) is 0.535. The van der Waals surface area contributed by atoms with E-state index in [1.54, 1.807) is 19.1 Å². The van der Waals surface area contributed by atoms with Gasteiger partial charge in [0.2, 0.25) is 10.0 Å². The Kier molecular flexibility index (Phi) is 5.38. The second kappa shape index (κ2) is 6.94. The Hall–Kier alpha value is -1.51. The van der Waals surface area contributed by atoms with Crippen LogP contribution in [0.5, 0.6) is 0 Å². The maximum absolute atomic E-state index is 12.8. The highest BCUT2D eigenvalue weighted by Crippen LogP contribution is 2.19. The van der Waals surface area contributed by atoms with Crippen LogP contribution in [0.3, 0.4) is 0 Å². The predicted molar refractivity (Wildman–Crippen MR) is 83.9 cm³/mol. The zero-order valence-corrected chi connectivity index (χ0v) is 14.0. The molecule has 0 bridgehead atoms. The second-order valence-corrected chi connectivity index (χ2v) is 7.79. The number of nitrogens with zero attached hydrogens (tertiary/aromatic N) is 1. The molecule has 1 atom stereocenters. The van der Waals surface area contributed by atoms with Crippen molar-refractivity contribution < 1.29 is 22.3 Å². The first-order valence-corrected chi connectivity index (χ1v) is 9.17. The largest absolute Gasteiger partial charge is 0.363 e. The first kappa shape index (κ1) is 17.8. The van der Waals surface area contributed by atoms with Crippen LogP contribution in [0.1, 0.15) is 12.5 Å². The molecule has 0 saturated carbocycles. The standard InChI is InChI=1S/C15H21FN2O4S/c1-15(11-18(9-10-22-15)23(2,20)21)14(19)17-8-7-12-3-5-13(16)6-4-12/h3-6H,7-11H2,1-2H3,(H,17,19)/t15-/m1/s1. The van der Waals surface area contributed by atoms with E-state index >= 15 is 0 Å². The van der Waals surface area contributed by atoms with E-state index in [0.717, 1.165) is 11.8 Å². The monoisotopic (exact) mass is 344 g/mol. The van der Waals surface area contributed by atoms with Crippen LogP contribution in [-0.2, 0) is 26.0 Å². The lowest BCUT2D eigenvalue weighted by atomic mass is 10.0. The molecule has 1 amide bonds. The molecule has 1 N–H and O–H groups in total. The number of sulfonamides is 1. The number of hydrogen-bond acceptors (Lipinski definition) is 4. The molecular weight excluding hydrogens is 323 g/mol. The number of amides is 1. The van der Waals surface area contributed by atoms with Gasteiger partial charge in [-0.3, -0.25) is 4.79 Å². The van der Waals surface area contributed by atoms with Crippen molar-refractivity contribution in [1.82, 2.24) is 9.62 Å². The number of rotatable bonds is 5. The molecule has 1 saturated heterocycles. The Labute approximate surface area is 135 Å². The summed E-state index contributed by atoms with van der Waals surface area (Å²) in [6.07, 6.45) is 1.67. The zero-order chi connectivity index (χ0) is 17.1. The molecule has 1 fully saturated rings. The van der Waals surface area contributed by atoms with Crippen molar-refractivity contribution in [3.63, 3.8) is 0 Å². The van der Waals surface area contributed by atoms with Crippen LogP contribution in [-0.4, -0.2) is 56.7 Å². The molecule has 2 rings (SSSR count). The summed E-state index contributed by atoms with van der Waals surface area (Å²) in [5, 5.41) is 2.75. The van der Waals surface area contributed by atoms with Crippen molar-refractivity contribution in [2.24, 2.45) is 0 Å². The fourth-order valence-corrected chi connectivity index (χ4v) is 3.30. The van der Waals surface area contributed by atoms with Gasteiger partial charge in [0, 0.05) is 13.1 Å². The van der Waals surface area contributed by atoms with E-state index in [0.29, 0.717) is 13.0 Å². The Morgan fingerprint density at radius 3 is 2.65 bits per heavy atom. The smallest absolute Gasteiger partial charge is 0.253 e. The molecule has 1 aromatic carbocycles. The Balaban J connectivity index is 1.90. The molecule has 6 nitrogen and oxygen atoms in total. The van der Waals surface area contributed by atoms with Gasteiger partial charge in [0.15, 0.2) is 5.60 Å². The van der Waals surface area contributed by atoms with Crippen molar-refractivity contribution in [3.8, 4) is 0 Å². The first-order valence-electron chi connectivity index (χ1n) is 7.32. The number of carbonyl (C=O) groups excluding carboxylic acids is 1. The van der Waals surface area contributed by atoms with E-state index in [2.05, 4.69) is 5.32 Å². The third kappa shape index (κ3) is 4.73. The molecule has 0 radical (unpaired) electrons. The number of morpholine rings is 1. The van der Waals surface area contributed by atoms with Gasteiger partial charge in [0.25, 0.3) is 5.91 Å². The molecular formula is C15H21FN2O4S. The Morgan fingerprint density at radius 1 is 1.39 bits per heavy atom. The summed E-state index contributed by atoms with van der Waals surface area (Å²) in [6, 6.07) is 6.05. The molecule has 8 heteroatoms. The van der Waals surface area contributed by atoms with Crippen molar-refractivity contribution in [1.29, 1.82) is 0 Å².